The van der Waals surface area contributed by atoms with Gasteiger partial charge in [-0.05, 0) is 31.0 Å². The number of aryl methyl sites for hydroxylation is 2. The summed E-state index contributed by atoms with van der Waals surface area (Å²) < 4.78 is 13.8. The Kier molecular flexibility index (Phi) is 3.97. The molecule has 0 amide bonds. The minimum Gasteiger partial charge on any atom is -0.368 e. The second-order valence-electron chi connectivity index (χ2n) is 5.32. The number of rotatable bonds is 4. The molecule has 0 aliphatic heterocycles. The number of pyridine rings is 1. The fourth-order valence-corrected chi connectivity index (χ4v) is 2.35. The molecule has 0 unspecified atom stereocenters. The number of para-hydroxylation sites is 1. The van der Waals surface area contributed by atoms with Gasteiger partial charge < -0.3 is 5.73 Å². The lowest BCUT2D eigenvalue weighted by Crippen LogP contribution is -2.09. The average Bonchev–Trinajstić information content (AvgIpc) is 2.54. The van der Waals surface area contributed by atoms with Crippen LogP contribution in [0.5, 0.6) is 0 Å². The molecule has 0 saturated carbocycles. The molecule has 0 fully saturated rings. The molecule has 116 valence electrons. The molecule has 0 radical (unpaired) electrons. The smallest absolute Gasteiger partial charge is 0.221 e. The largest absolute Gasteiger partial charge is 0.368 e. The van der Waals surface area contributed by atoms with Crippen LogP contribution in [0.15, 0.2) is 36.5 Å². The van der Waals surface area contributed by atoms with Crippen molar-refractivity contribution in [3.63, 3.8) is 0 Å². The summed E-state index contributed by atoms with van der Waals surface area (Å²) in [6, 6.07) is 8.25. The summed E-state index contributed by atoms with van der Waals surface area (Å²) in [6.07, 6.45) is 2.46. The number of aromatic nitrogens is 3. The number of carbonyl (C=O) groups excluding carboxylic acids is 1. The number of fused-ring (bicyclic) bond motifs is 1. The molecule has 2 heterocycles. The van der Waals surface area contributed by atoms with Gasteiger partial charge >= 0.3 is 0 Å². The van der Waals surface area contributed by atoms with E-state index in [1.54, 1.807) is 12.3 Å². The van der Waals surface area contributed by atoms with Gasteiger partial charge in [-0.15, -0.1) is 0 Å². The first kappa shape index (κ1) is 15.0. The fourth-order valence-electron chi connectivity index (χ4n) is 2.35. The summed E-state index contributed by atoms with van der Waals surface area (Å²) >= 11 is 0. The van der Waals surface area contributed by atoms with E-state index in [0.717, 1.165) is 11.3 Å². The Morgan fingerprint density at radius 1 is 1.22 bits per heavy atom. The molecule has 2 aromatic heterocycles. The van der Waals surface area contributed by atoms with Crippen molar-refractivity contribution in [1.82, 2.24) is 15.0 Å². The van der Waals surface area contributed by atoms with Crippen molar-refractivity contribution in [2.24, 2.45) is 0 Å². The summed E-state index contributed by atoms with van der Waals surface area (Å²) in [4.78, 5) is 24.6. The summed E-state index contributed by atoms with van der Waals surface area (Å²) in [7, 11) is 0. The Bertz CT molecular complexity index is 878. The van der Waals surface area contributed by atoms with Crippen LogP contribution in [0.1, 0.15) is 28.2 Å². The molecule has 6 heteroatoms. The van der Waals surface area contributed by atoms with E-state index < -0.39 is 5.82 Å². The maximum absolute atomic E-state index is 13.8. The van der Waals surface area contributed by atoms with Crippen molar-refractivity contribution in [3.05, 3.63) is 59.3 Å². The SMILES string of the molecule is Cc1ccc(CCC(=O)c2nc(N)nc3c(F)cccc23)nc1. The van der Waals surface area contributed by atoms with E-state index >= 15 is 0 Å². The minimum absolute atomic E-state index is 0.0665. The molecule has 0 aliphatic carbocycles. The zero-order chi connectivity index (χ0) is 16.4. The lowest BCUT2D eigenvalue weighted by atomic mass is 10.1. The predicted molar refractivity (Wildman–Crippen MR) is 85.5 cm³/mol. The van der Waals surface area contributed by atoms with Crippen LogP contribution in [0.2, 0.25) is 0 Å². The molecule has 0 aliphatic rings. The van der Waals surface area contributed by atoms with Gasteiger partial charge in [0.15, 0.2) is 5.78 Å². The van der Waals surface area contributed by atoms with Crippen LogP contribution in [0.4, 0.5) is 10.3 Å². The first-order chi connectivity index (χ1) is 11.0. The van der Waals surface area contributed by atoms with Gasteiger partial charge in [-0.25, -0.2) is 14.4 Å². The number of halogens is 1. The number of Topliss-reactive ketones (excluding diaryl/α,β-unsaturated/α-hetero) is 1. The molecule has 3 rings (SSSR count). The van der Waals surface area contributed by atoms with Gasteiger partial charge in [0.2, 0.25) is 5.95 Å². The topological polar surface area (TPSA) is 81.8 Å². The van der Waals surface area contributed by atoms with Gasteiger partial charge in [0, 0.05) is 23.7 Å². The quantitative estimate of drug-likeness (QED) is 0.749. The zero-order valence-electron chi connectivity index (χ0n) is 12.6. The molecule has 0 bridgehead atoms. The van der Waals surface area contributed by atoms with Crippen LogP contribution >= 0.6 is 0 Å². The van der Waals surface area contributed by atoms with E-state index in [1.165, 1.54) is 12.1 Å². The van der Waals surface area contributed by atoms with Crippen LogP contribution < -0.4 is 5.73 Å². The highest BCUT2D eigenvalue weighted by molar-refractivity contribution is 6.05. The highest BCUT2D eigenvalue weighted by Crippen LogP contribution is 2.21. The summed E-state index contributed by atoms with van der Waals surface area (Å²) in [5, 5.41) is 0.376. The monoisotopic (exact) mass is 310 g/mol. The van der Waals surface area contributed by atoms with E-state index in [-0.39, 0.29) is 29.4 Å². The number of nitrogens with two attached hydrogens (primary N) is 1. The number of nitrogen functional groups attached to an aromatic ring is 1. The Labute approximate surface area is 132 Å². The van der Waals surface area contributed by atoms with Gasteiger partial charge in [0.1, 0.15) is 17.0 Å². The predicted octanol–water partition coefficient (Wildman–Crippen LogP) is 2.87. The second kappa shape index (κ2) is 6.08. The Balaban J connectivity index is 1.89. The van der Waals surface area contributed by atoms with E-state index in [1.807, 2.05) is 19.1 Å². The van der Waals surface area contributed by atoms with Gasteiger partial charge in [0.25, 0.3) is 0 Å². The van der Waals surface area contributed by atoms with E-state index in [2.05, 4.69) is 15.0 Å². The van der Waals surface area contributed by atoms with Crippen LogP contribution in [0.25, 0.3) is 10.9 Å². The normalized spacial score (nSPS) is 10.9. The van der Waals surface area contributed by atoms with E-state index in [9.17, 15) is 9.18 Å². The summed E-state index contributed by atoms with van der Waals surface area (Å²) in [5.41, 5.74) is 7.70. The number of hydrogen-bond donors (Lipinski definition) is 1. The Hall–Kier alpha value is -2.89. The fraction of sp³-hybridized carbons (Fsp3) is 0.176. The number of anilines is 1. The van der Waals surface area contributed by atoms with E-state index in [0.29, 0.717) is 11.8 Å². The maximum Gasteiger partial charge on any atom is 0.221 e. The second-order valence-corrected chi connectivity index (χ2v) is 5.32. The Morgan fingerprint density at radius 2 is 2.04 bits per heavy atom. The van der Waals surface area contributed by atoms with Gasteiger partial charge in [0.05, 0.1) is 0 Å². The molecule has 23 heavy (non-hydrogen) atoms. The van der Waals surface area contributed by atoms with Crippen LogP contribution in [-0.2, 0) is 6.42 Å². The maximum atomic E-state index is 13.8. The first-order valence-electron chi connectivity index (χ1n) is 7.21. The molecular formula is C17H15FN4O. The summed E-state index contributed by atoms with van der Waals surface area (Å²) in [5.74, 6) is -0.845. The summed E-state index contributed by atoms with van der Waals surface area (Å²) in [6.45, 7) is 1.95. The number of benzene rings is 1. The molecular weight excluding hydrogens is 295 g/mol. The lowest BCUT2D eigenvalue weighted by molar-refractivity contribution is 0.0979. The molecule has 2 N–H and O–H groups in total. The highest BCUT2D eigenvalue weighted by atomic mass is 19.1. The highest BCUT2D eigenvalue weighted by Gasteiger charge is 2.16. The number of ketones is 1. The molecule has 0 spiro atoms. The molecule has 3 aromatic rings. The minimum atomic E-state index is -0.522. The van der Waals surface area contributed by atoms with Crippen molar-refractivity contribution >= 4 is 22.6 Å². The molecule has 1 aromatic carbocycles. The van der Waals surface area contributed by atoms with Crippen molar-refractivity contribution in [3.8, 4) is 0 Å². The Morgan fingerprint density at radius 3 is 2.78 bits per heavy atom. The molecule has 0 atom stereocenters. The van der Waals surface area contributed by atoms with Gasteiger partial charge in [-0.1, -0.05) is 18.2 Å². The molecule has 5 nitrogen and oxygen atoms in total. The van der Waals surface area contributed by atoms with E-state index in [4.69, 9.17) is 5.73 Å². The van der Waals surface area contributed by atoms with Crippen molar-refractivity contribution in [2.45, 2.75) is 19.8 Å². The average molecular weight is 310 g/mol. The third-order valence-corrected chi connectivity index (χ3v) is 3.54. The van der Waals surface area contributed by atoms with Gasteiger partial charge in [-0.3, -0.25) is 9.78 Å². The lowest BCUT2D eigenvalue weighted by Gasteiger charge is -2.06. The number of hydrogen-bond acceptors (Lipinski definition) is 5. The van der Waals surface area contributed by atoms with Crippen molar-refractivity contribution < 1.29 is 9.18 Å². The number of nitrogens with zero attached hydrogens (tertiary/aromatic N) is 3. The number of carbonyl (C=O) groups is 1. The van der Waals surface area contributed by atoms with Crippen LogP contribution in [0.3, 0.4) is 0 Å². The van der Waals surface area contributed by atoms with Crippen molar-refractivity contribution in [2.75, 3.05) is 5.73 Å². The third-order valence-electron chi connectivity index (χ3n) is 3.54. The zero-order valence-corrected chi connectivity index (χ0v) is 12.6. The first-order valence-corrected chi connectivity index (χ1v) is 7.21. The van der Waals surface area contributed by atoms with Gasteiger partial charge in [-0.2, -0.15) is 0 Å². The third kappa shape index (κ3) is 3.15. The molecule has 0 saturated heterocycles. The van der Waals surface area contributed by atoms with Crippen molar-refractivity contribution in [1.29, 1.82) is 0 Å². The van der Waals surface area contributed by atoms with Crippen LogP contribution in [-0.4, -0.2) is 20.7 Å². The standard InChI is InChI=1S/C17H15FN4O/c1-10-5-6-11(20-9-10)7-8-14(23)16-12-3-2-4-13(18)15(12)21-17(19)22-16/h2-6,9H,7-8H2,1H3,(H2,19,21,22). The van der Waals surface area contributed by atoms with Crippen LogP contribution in [0, 0.1) is 12.7 Å².